The lowest BCUT2D eigenvalue weighted by atomic mass is 10.0. The second-order valence-electron chi connectivity index (χ2n) is 6.56. The summed E-state index contributed by atoms with van der Waals surface area (Å²) in [6, 6.07) is 13.5. The van der Waals surface area contributed by atoms with E-state index >= 15 is 0 Å². The lowest BCUT2D eigenvalue weighted by Crippen LogP contribution is -2.33. The van der Waals surface area contributed by atoms with E-state index in [1.54, 1.807) is 24.3 Å². The molecule has 0 saturated carbocycles. The van der Waals surface area contributed by atoms with Gasteiger partial charge in [0.15, 0.2) is 5.69 Å². The molecule has 1 heterocycles. The SMILES string of the molecule is COc1ccccc1Cc1cc(C(F)(F)F)nn(CC(=O)Nc2ccc(Cl)cc2)c1=O. The van der Waals surface area contributed by atoms with Crippen LogP contribution in [0.4, 0.5) is 18.9 Å². The molecule has 0 bridgehead atoms. The molecule has 0 aliphatic heterocycles. The summed E-state index contributed by atoms with van der Waals surface area (Å²) in [5, 5.41) is 6.30. The second-order valence-corrected chi connectivity index (χ2v) is 7.00. The zero-order valence-electron chi connectivity index (χ0n) is 16.2. The normalized spacial score (nSPS) is 11.3. The molecule has 0 saturated heterocycles. The third-order valence-corrected chi connectivity index (χ3v) is 4.59. The second kappa shape index (κ2) is 9.22. The van der Waals surface area contributed by atoms with E-state index in [9.17, 15) is 22.8 Å². The van der Waals surface area contributed by atoms with E-state index in [1.165, 1.54) is 31.4 Å². The Kier molecular flexibility index (Phi) is 6.65. The fourth-order valence-corrected chi connectivity index (χ4v) is 3.02. The molecule has 0 atom stereocenters. The van der Waals surface area contributed by atoms with Crippen LogP contribution in [0.1, 0.15) is 16.8 Å². The molecule has 10 heteroatoms. The Hall–Kier alpha value is -3.33. The van der Waals surface area contributed by atoms with Crippen molar-refractivity contribution >= 4 is 23.2 Å². The number of para-hydroxylation sites is 1. The number of methoxy groups -OCH3 is 1. The first kappa shape index (κ1) is 22.4. The Bertz CT molecular complexity index is 1150. The number of amides is 1. The van der Waals surface area contributed by atoms with Crippen LogP contribution < -0.4 is 15.6 Å². The van der Waals surface area contributed by atoms with Gasteiger partial charge in [0.1, 0.15) is 12.3 Å². The van der Waals surface area contributed by atoms with Gasteiger partial charge in [-0.2, -0.15) is 18.3 Å². The summed E-state index contributed by atoms with van der Waals surface area (Å²) >= 11 is 5.78. The van der Waals surface area contributed by atoms with Crippen LogP contribution in [0.15, 0.2) is 59.4 Å². The van der Waals surface area contributed by atoms with Gasteiger partial charge in [0.2, 0.25) is 5.91 Å². The summed E-state index contributed by atoms with van der Waals surface area (Å²) in [7, 11) is 1.42. The molecule has 0 spiro atoms. The van der Waals surface area contributed by atoms with E-state index < -0.39 is 29.9 Å². The minimum Gasteiger partial charge on any atom is -0.496 e. The van der Waals surface area contributed by atoms with Crippen molar-refractivity contribution in [3.63, 3.8) is 0 Å². The first-order valence-corrected chi connectivity index (χ1v) is 9.40. The van der Waals surface area contributed by atoms with Crippen LogP contribution in [0.5, 0.6) is 5.75 Å². The molecule has 31 heavy (non-hydrogen) atoms. The molecule has 3 rings (SSSR count). The Balaban J connectivity index is 1.93. The van der Waals surface area contributed by atoms with E-state index in [-0.39, 0.29) is 12.0 Å². The summed E-state index contributed by atoms with van der Waals surface area (Å²) in [5.74, 6) is -0.279. The first-order chi connectivity index (χ1) is 14.7. The van der Waals surface area contributed by atoms with Crippen LogP contribution in [-0.4, -0.2) is 22.8 Å². The number of alkyl halides is 3. The van der Waals surface area contributed by atoms with Gasteiger partial charge in [0, 0.05) is 22.7 Å². The molecular formula is C21H17ClF3N3O3. The molecule has 162 valence electrons. The summed E-state index contributed by atoms with van der Waals surface area (Å²) in [4.78, 5) is 25.1. The van der Waals surface area contributed by atoms with Crippen molar-refractivity contribution in [1.29, 1.82) is 0 Å². The van der Waals surface area contributed by atoms with E-state index in [4.69, 9.17) is 16.3 Å². The van der Waals surface area contributed by atoms with Crippen molar-refractivity contribution in [1.82, 2.24) is 9.78 Å². The molecule has 0 aliphatic carbocycles. The third kappa shape index (κ3) is 5.64. The van der Waals surface area contributed by atoms with Crippen LogP contribution >= 0.6 is 11.6 Å². The van der Waals surface area contributed by atoms with Crippen molar-refractivity contribution in [3.05, 3.63) is 86.8 Å². The number of carbonyl (C=O) groups is 1. The molecule has 0 fully saturated rings. The average Bonchev–Trinajstić information content (AvgIpc) is 2.72. The summed E-state index contributed by atoms with van der Waals surface area (Å²) in [6.07, 6.45) is -4.91. The number of rotatable bonds is 6. The van der Waals surface area contributed by atoms with E-state index in [1.807, 2.05) is 0 Å². The highest BCUT2D eigenvalue weighted by molar-refractivity contribution is 6.30. The fourth-order valence-electron chi connectivity index (χ4n) is 2.89. The predicted octanol–water partition coefficient (Wildman–Crippen LogP) is 4.15. The highest BCUT2D eigenvalue weighted by Crippen LogP contribution is 2.28. The summed E-state index contributed by atoms with van der Waals surface area (Å²) in [5.41, 5.74) is -1.32. The van der Waals surface area contributed by atoms with E-state index in [2.05, 4.69) is 10.4 Å². The zero-order valence-corrected chi connectivity index (χ0v) is 17.0. The van der Waals surface area contributed by atoms with Crippen LogP contribution in [0.3, 0.4) is 0 Å². The summed E-state index contributed by atoms with van der Waals surface area (Å²) in [6.45, 7) is -0.690. The van der Waals surface area contributed by atoms with Crippen molar-refractivity contribution in [2.75, 3.05) is 12.4 Å². The zero-order chi connectivity index (χ0) is 22.6. The Labute approximate surface area is 180 Å². The van der Waals surface area contributed by atoms with Crippen LogP contribution in [0, 0.1) is 0 Å². The molecule has 6 nitrogen and oxygen atoms in total. The Morgan fingerprint density at radius 1 is 1.13 bits per heavy atom. The third-order valence-electron chi connectivity index (χ3n) is 4.33. The van der Waals surface area contributed by atoms with E-state index in [0.29, 0.717) is 32.8 Å². The van der Waals surface area contributed by atoms with Gasteiger partial charge in [-0.1, -0.05) is 29.8 Å². The highest BCUT2D eigenvalue weighted by atomic mass is 35.5. The Morgan fingerprint density at radius 2 is 1.81 bits per heavy atom. The molecule has 1 N–H and O–H groups in total. The van der Waals surface area contributed by atoms with Gasteiger partial charge in [0.05, 0.1) is 7.11 Å². The fraction of sp³-hybridized carbons (Fsp3) is 0.190. The quantitative estimate of drug-likeness (QED) is 0.611. The molecule has 0 aliphatic rings. The monoisotopic (exact) mass is 451 g/mol. The van der Waals surface area contributed by atoms with Gasteiger partial charge in [0.25, 0.3) is 5.56 Å². The maximum absolute atomic E-state index is 13.4. The lowest BCUT2D eigenvalue weighted by Gasteiger charge is -2.14. The first-order valence-electron chi connectivity index (χ1n) is 9.03. The molecule has 3 aromatic rings. The van der Waals surface area contributed by atoms with Crippen LogP contribution in [0.2, 0.25) is 5.02 Å². The number of hydrogen-bond donors (Lipinski definition) is 1. The molecular weight excluding hydrogens is 435 g/mol. The lowest BCUT2D eigenvalue weighted by molar-refractivity contribution is -0.142. The molecule has 0 radical (unpaired) electrons. The minimum absolute atomic E-state index is 0.118. The minimum atomic E-state index is -4.79. The maximum Gasteiger partial charge on any atom is 0.435 e. The number of anilines is 1. The van der Waals surface area contributed by atoms with Crippen molar-refractivity contribution < 1.29 is 22.7 Å². The Morgan fingerprint density at radius 3 is 2.45 bits per heavy atom. The van der Waals surface area contributed by atoms with Gasteiger partial charge in [-0.05, 0) is 42.0 Å². The maximum atomic E-state index is 13.4. The number of nitrogens with zero attached hydrogens (tertiary/aromatic N) is 2. The van der Waals surface area contributed by atoms with Gasteiger partial charge < -0.3 is 10.1 Å². The van der Waals surface area contributed by atoms with E-state index in [0.717, 1.165) is 0 Å². The smallest absolute Gasteiger partial charge is 0.435 e. The van der Waals surface area contributed by atoms with Crippen molar-refractivity contribution in [2.24, 2.45) is 0 Å². The molecule has 0 unspecified atom stereocenters. The number of carbonyl (C=O) groups excluding carboxylic acids is 1. The van der Waals surface area contributed by atoms with Crippen molar-refractivity contribution in [2.45, 2.75) is 19.1 Å². The largest absolute Gasteiger partial charge is 0.496 e. The van der Waals surface area contributed by atoms with Gasteiger partial charge in [-0.3, -0.25) is 9.59 Å². The number of ether oxygens (including phenoxy) is 1. The summed E-state index contributed by atoms with van der Waals surface area (Å²) < 4.78 is 45.8. The standard InChI is InChI=1S/C21H17ClF3N3O3/c1-31-17-5-3-2-4-13(17)10-14-11-18(21(23,24)25)27-28(20(14)30)12-19(29)26-16-8-6-15(22)7-9-16/h2-9,11H,10,12H2,1H3,(H,26,29). The van der Waals surface area contributed by atoms with Crippen molar-refractivity contribution in [3.8, 4) is 5.75 Å². The number of aromatic nitrogens is 2. The predicted molar refractivity (Wildman–Crippen MR) is 109 cm³/mol. The molecule has 1 amide bonds. The van der Waals surface area contributed by atoms with Crippen LogP contribution in [0.25, 0.3) is 0 Å². The number of hydrogen-bond acceptors (Lipinski definition) is 4. The number of benzene rings is 2. The van der Waals surface area contributed by atoms with Gasteiger partial charge in [-0.25, -0.2) is 4.68 Å². The number of nitrogens with one attached hydrogen (secondary N) is 1. The highest BCUT2D eigenvalue weighted by Gasteiger charge is 2.34. The topological polar surface area (TPSA) is 73.2 Å². The van der Waals surface area contributed by atoms with Crippen LogP contribution in [-0.2, 0) is 23.9 Å². The number of halogens is 4. The molecule has 2 aromatic carbocycles. The van der Waals surface area contributed by atoms with Gasteiger partial charge in [-0.15, -0.1) is 0 Å². The molecule has 1 aromatic heterocycles. The average molecular weight is 452 g/mol. The van der Waals surface area contributed by atoms with Gasteiger partial charge >= 0.3 is 6.18 Å².